The van der Waals surface area contributed by atoms with Gasteiger partial charge in [-0.05, 0) is 18.2 Å². The fraction of sp³-hybridized carbons (Fsp3) is 0.385. The van der Waals surface area contributed by atoms with Gasteiger partial charge < -0.3 is 10.6 Å². The molecule has 0 bridgehead atoms. The molecule has 1 atom stereocenters. The SMILES string of the molecule is CN(C)S(=O)(=O)c1cccc(NC(=O)C2CNC(=O)C2)c1. The number of rotatable bonds is 4. The number of nitrogens with zero attached hydrogens (tertiary/aromatic N) is 1. The molecule has 1 heterocycles. The minimum atomic E-state index is -3.55. The highest BCUT2D eigenvalue weighted by Gasteiger charge is 2.28. The number of sulfonamides is 1. The van der Waals surface area contributed by atoms with Gasteiger partial charge in [0.05, 0.1) is 10.8 Å². The van der Waals surface area contributed by atoms with E-state index in [4.69, 9.17) is 0 Å². The van der Waals surface area contributed by atoms with Crippen molar-refractivity contribution in [3.8, 4) is 0 Å². The first kappa shape index (κ1) is 15.5. The molecule has 0 radical (unpaired) electrons. The van der Waals surface area contributed by atoms with E-state index < -0.39 is 15.9 Å². The molecule has 1 aromatic carbocycles. The lowest BCUT2D eigenvalue weighted by Crippen LogP contribution is -2.25. The summed E-state index contributed by atoms with van der Waals surface area (Å²) in [6.07, 6.45) is 0.154. The summed E-state index contributed by atoms with van der Waals surface area (Å²) in [5, 5.41) is 5.23. The Morgan fingerprint density at radius 1 is 1.38 bits per heavy atom. The first-order valence-corrected chi connectivity index (χ1v) is 7.85. The Labute approximate surface area is 123 Å². The molecule has 2 amide bonds. The standard InChI is InChI=1S/C13H17N3O4S/c1-16(2)21(19,20)11-5-3-4-10(7-11)15-13(18)9-6-12(17)14-8-9/h3-5,7,9H,6,8H2,1-2H3,(H,14,17)(H,15,18). The van der Waals surface area contributed by atoms with E-state index in [0.29, 0.717) is 12.2 Å². The first-order chi connectivity index (χ1) is 9.80. The van der Waals surface area contributed by atoms with E-state index in [-0.39, 0.29) is 23.1 Å². The van der Waals surface area contributed by atoms with Crippen LogP contribution in [0.4, 0.5) is 5.69 Å². The molecular weight excluding hydrogens is 294 g/mol. The van der Waals surface area contributed by atoms with Crippen LogP contribution in [-0.2, 0) is 19.6 Å². The summed E-state index contributed by atoms with van der Waals surface area (Å²) in [5.41, 5.74) is 0.391. The molecule has 0 aliphatic carbocycles. The van der Waals surface area contributed by atoms with Crippen molar-refractivity contribution in [1.82, 2.24) is 9.62 Å². The number of hydrogen-bond donors (Lipinski definition) is 2. The van der Waals surface area contributed by atoms with E-state index in [1.165, 1.54) is 26.2 Å². The van der Waals surface area contributed by atoms with Gasteiger partial charge in [0.1, 0.15) is 0 Å². The largest absolute Gasteiger partial charge is 0.355 e. The summed E-state index contributed by atoms with van der Waals surface area (Å²) < 4.78 is 25.2. The third kappa shape index (κ3) is 3.40. The summed E-state index contributed by atoms with van der Waals surface area (Å²) in [4.78, 5) is 23.2. The van der Waals surface area contributed by atoms with Gasteiger partial charge in [0.25, 0.3) is 0 Å². The van der Waals surface area contributed by atoms with Crippen molar-refractivity contribution in [1.29, 1.82) is 0 Å². The lowest BCUT2D eigenvalue weighted by atomic mass is 10.1. The van der Waals surface area contributed by atoms with Crippen LogP contribution < -0.4 is 10.6 Å². The van der Waals surface area contributed by atoms with Crippen LogP contribution in [-0.4, -0.2) is 45.2 Å². The molecule has 0 saturated carbocycles. The lowest BCUT2D eigenvalue weighted by molar-refractivity contribution is -0.123. The fourth-order valence-electron chi connectivity index (χ4n) is 1.98. The molecule has 8 heteroatoms. The normalized spacial score (nSPS) is 18.6. The van der Waals surface area contributed by atoms with Gasteiger partial charge in [-0.2, -0.15) is 0 Å². The fourth-order valence-corrected chi connectivity index (χ4v) is 2.93. The van der Waals surface area contributed by atoms with Crippen molar-refractivity contribution >= 4 is 27.5 Å². The Morgan fingerprint density at radius 3 is 2.67 bits per heavy atom. The zero-order valence-corrected chi connectivity index (χ0v) is 12.6. The van der Waals surface area contributed by atoms with Crippen LogP contribution in [0, 0.1) is 5.92 Å². The van der Waals surface area contributed by atoms with Crippen molar-refractivity contribution in [3.05, 3.63) is 24.3 Å². The number of anilines is 1. The van der Waals surface area contributed by atoms with Gasteiger partial charge in [-0.15, -0.1) is 0 Å². The average Bonchev–Trinajstić information content (AvgIpc) is 2.85. The Bertz CT molecular complexity index is 670. The molecule has 0 aromatic heterocycles. The van der Waals surface area contributed by atoms with E-state index in [0.717, 1.165) is 4.31 Å². The van der Waals surface area contributed by atoms with Gasteiger partial charge in [0.2, 0.25) is 21.8 Å². The molecule has 21 heavy (non-hydrogen) atoms. The van der Waals surface area contributed by atoms with Gasteiger partial charge in [-0.1, -0.05) is 6.07 Å². The maximum absolute atomic E-state index is 12.0. The maximum Gasteiger partial charge on any atom is 0.242 e. The number of carbonyl (C=O) groups excluding carboxylic acids is 2. The van der Waals surface area contributed by atoms with Crippen molar-refractivity contribution in [2.45, 2.75) is 11.3 Å². The second-order valence-electron chi connectivity index (χ2n) is 5.01. The predicted molar refractivity (Wildman–Crippen MR) is 77.1 cm³/mol. The number of nitrogens with one attached hydrogen (secondary N) is 2. The summed E-state index contributed by atoms with van der Waals surface area (Å²) in [7, 11) is -0.666. The molecule has 1 aromatic rings. The minimum absolute atomic E-state index is 0.103. The van der Waals surface area contributed by atoms with E-state index in [1.807, 2.05) is 0 Å². The second-order valence-corrected chi connectivity index (χ2v) is 7.16. The van der Waals surface area contributed by atoms with Gasteiger partial charge in [-0.25, -0.2) is 12.7 Å². The number of benzene rings is 1. The Morgan fingerprint density at radius 2 is 2.10 bits per heavy atom. The molecule has 0 spiro atoms. The maximum atomic E-state index is 12.0. The van der Waals surface area contributed by atoms with Crippen molar-refractivity contribution in [3.63, 3.8) is 0 Å². The molecule has 2 N–H and O–H groups in total. The summed E-state index contributed by atoms with van der Waals surface area (Å²) in [6.45, 7) is 0.306. The van der Waals surface area contributed by atoms with Crippen LogP contribution in [0.15, 0.2) is 29.2 Å². The molecule has 114 valence electrons. The van der Waals surface area contributed by atoms with Crippen LogP contribution in [0.3, 0.4) is 0 Å². The van der Waals surface area contributed by atoms with Gasteiger partial charge in [0, 0.05) is 32.7 Å². The smallest absolute Gasteiger partial charge is 0.242 e. The van der Waals surface area contributed by atoms with E-state index in [2.05, 4.69) is 10.6 Å². The molecule has 1 fully saturated rings. The zero-order chi connectivity index (χ0) is 15.6. The van der Waals surface area contributed by atoms with Crippen LogP contribution in [0.25, 0.3) is 0 Å². The highest BCUT2D eigenvalue weighted by Crippen LogP contribution is 2.19. The summed E-state index contributed by atoms with van der Waals surface area (Å²) in [6, 6.07) is 6.03. The Balaban J connectivity index is 2.15. The van der Waals surface area contributed by atoms with Gasteiger partial charge in [-0.3, -0.25) is 9.59 Å². The zero-order valence-electron chi connectivity index (χ0n) is 11.8. The Kier molecular flexibility index (Phi) is 4.29. The molecular formula is C13H17N3O4S. The van der Waals surface area contributed by atoms with Gasteiger partial charge >= 0.3 is 0 Å². The van der Waals surface area contributed by atoms with Crippen LogP contribution >= 0.6 is 0 Å². The summed E-state index contributed by atoms with van der Waals surface area (Å²) in [5.74, 6) is -0.876. The van der Waals surface area contributed by atoms with Crippen molar-refractivity contribution in [2.75, 3.05) is 26.0 Å². The minimum Gasteiger partial charge on any atom is -0.355 e. The molecule has 1 aliphatic heterocycles. The molecule has 1 unspecified atom stereocenters. The molecule has 1 saturated heterocycles. The van der Waals surface area contributed by atoms with Gasteiger partial charge in [0.15, 0.2) is 0 Å². The first-order valence-electron chi connectivity index (χ1n) is 6.41. The highest BCUT2D eigenvalue weighted by molar-refractivity contribution is 7.89. The predicted octanol–water partition coefficient (Wildman–Crippen LogP) is 0.0115. The Hall–Kier alpha value is -1.93. The van der Waals surface area contributed by atoms with Crippen LogP contribution in [0.2, 0.25) is 0 Å². The second kappa shape index (κ2) is 5.82. The number of carbonyl (C=O) groups is 2. The third-order valence-corrected chi connectivity index (χ3v) is 5.04. The van der Waals surface area contributed by atoms with Crippen molar-refractivity contribution in [2.24, 2.45) is 5.92 Å². The summed E-state index contributed by atoms with van der Waals surface area (Å²) >= 11 is 0. The third-order valence-electron chi connectivity index (χ3n) is 3.23. The molecule has 1 aliphatic rings. The topological polar surface area (TPSA) is 95.6 Å². The molecule has 2 rings (SSSR count). The highest BCUT2D eigenvalue weighted by atomic mass is 32.2. The molecule has 7 nitrogen and oxygen atoms in total. The van der Waals surface area contributed by atoms with E-state index in [1.54, 1.807) is 12.1 Å². The quantitative estimate of drug-likeness (QED) is 0.819. The van der Waals surface area contributed by atoms with Crippen LogP contribution in [0.1, 0.15) is 6.42 Å². The number of hydrogen-bond acceptors (Lipinski definition) is 4. The lowest BCUT2D eigenvalue weighted by Gasteiger charge is -2.13. The van der Waals surface area contributed by atoms with Crippen molar-refractivity contribution < 1.29 is 18.0 Å². The monoisotopic (exact) mass is 311 g/mol. The average molecular weight is 311 g/mol. The number of amides is 2. The van der Waals surface area contributed by atoms with Crippen LogP contribution in [0.5, 0.6) is 0 Å². The van der Waals surface area contributed by atoms with E-state index in [9.17, 15) is 18.0 Å². The van der Waals surface area contributed by atoms with E-state index >= 15 is 0 Å².